The predicted octanol–water partition coefficient (Wildman–Crippen LogP) is 5.03. The molecule has 1 heterocycles. The summed E-state index contributed by atoms with van der Waals surface area (Å²) in [6.07, 6.45) is 0. The van der Waals surface area contributed by atoms with Gasteiger partial charge >= 0.3 is 0 Å². The molecule has 1 heteroatoms. The van der Waals surface area contributed by atoms with Crippen molar-refractivity contribution in [3.8, 4) is 11.3 Å². The summed E-state index contributed by atoms with van der Waals surface area (Å²) in [4.78, 5) is 0. The largest absolute Gasteiger partial charge is 0.456 e. The molecule has 0 spiro atoms. The van der Waals surface area contributed by atoms with Crippen LogP contribution >= 0.6 is 0 Å². The molecule has 1 nitrogen and oxygen atoms in total. The minimum Gasteiger partial charge on any atom is -0.456 e. The maximum atomic E-state index is 6.01. The van der Waals surface area contributed by atoms with E-state index in [1.165, 1.54) is 27.6 Å². The first-order valence-corrected chi connectivity index (χ1v) is 6.22. The fourth-order valence-electron chi connectivity index (χ4n) is 2.43. The summed E-state index contributed by atoms with van der Waals surface area (Å²) in [5.41, 5.74) is 5.89. The summed E-state index contributed by atoms with van der Waals surface area (Å²) < 4.78 is 6.01. The second-order valence-electron chi connectivity index (χ2n) is 4.92. The molecule has 0 radical (unpaired) electrons. The van der Waals surface area contributed by atoms with E-state index in [9.17, 15) is 0 Å². The highest BCUT2D eigenvalue weighted by Gasteiger charge is 2.09. The first-order chi connectivity index (χ1) is 8.65. The molecule has 18 heavy (non-hydrogen) atoms. The van der Waals surface area contributed by atoms with Crippen LogP contribution in [0.3, 0.4) is 0 Å². The molecule has 0 amide bonds. The molecule has 1 aromatic heterocycles. The summed E-state index contributed by atoms with van der Waals surface area (Å²) >= 11 is 0. The third kappa shape index (κ3) is 1.72. The molecular formula is C17H16O. The molecule has 0 unspecified atom stereocenters. The lowest BCUT2D eigenvalue weighted by molar-refractivity contribution is 0.628. The lowest BCUT2D eigenvalue weighted by Gasteiger charge is -2.03. The maximum absolute atomic E-state index is 6.01. The molecule has 0 aliphatic rings. The number of furan rings is 1. The Hall–Kier alpha value is -2.02. The number of rotatable bonds is 1. The zero-order valence-corrected chi connectivity index (χ0v) is 10.9. The highest BCUT2D eigenvalue weighted by atomic mass is 16.3. The van der Waals surface area contributed by atoms with Crippen molar-refractivity contribution in [3.63, 3.8) is 0 Å². The van der Waals surface area contributed by atoms with Gasteiger partial charge in [-0.3, -0.25) is 0 Å². The summed E-state index contributed by atoms with van der Waals surface area (Å²) in [5.74, 6) is 0.955. The molecule has 0 saturated carbocycles. The Bertz CT molecular complexity index is 720. The van der Waals surface area contributed by atoms with E-state index < -0.39 is 0 Å². The van der Waals surface area contributed by atoms with E-state index in [1.807, 2.05) is 0 Å². The Morgan fingerprint density at radius 3 is 2.39 bits per heavy atom. The van der Waals surface area contributed by atoms with Gasteiger partial charge in [-0.25, -0.2) is 0 Å². The number of benzene rings is 2. The quantitative estimate of drug-likeness (QED) is 0.578. The molecule has 0 bridgehead atoms. The van der Waals surface area contributed by atoms with Crippen LogP contribution in [0.15, 0.2) is 46.9 Å². The molecule has 3 rings (SSSR count). The topological polar surface area (TPSA) is 13.1 Å². The molecule has 0 saturated heterocycles. The van der Waals surface area contributed by atoms with Gasteiger partial charge in [0, 0.05) is 10.9 Å². The summed E-state index contributed by atoms with van der Waals surface area (Å²) in [6, 6.07) is 14.8. The van der Waals surface area contributed by atoms with Crippen molar-refractivity contribution in [1.82, 2.24) is 0 Å². The van der Waals surface area contributed by atoms with Crippen molar-refractivity contribution in [2.75, 3.05) is 0 Å². The molecular weight excluding hydrogens is 220 g/mol. The molecule has 0 atom stereocenters. The number of hydrogen-bond donors (Lipinski definition) is 0. The van der Waals surface area contributed by atoms with Crippen LogP contribution in [0, 0.1) is 20.8 Å². The average molecular weight is 236 g/mol. The number of aryl methyl sites for hydroxylation is 3. The average Bonchev–Trinajstić information content (AvgIpc) is 2.74. The lowest BCUT2D eigenvalue weighted by atomic mass is 10.0. The number of para-hydroxylation sites is 1. The zero-order valence-electron chi connectivity index (χ0n) is 10.9. The molecule has 2 aromatic carbocycles. The van der Waals surface area contributed by atoms with Gasteiger partial charge in [0.05, 0.1) is 0 Å². The fraction of sp³-hybridized carbons (Fsp3) is 0.176. The Balaban J connectivity index is 2.23. The lowest BCUT2D eigenvalue weighted by Crippen LogP contribution is -1.82. The minimum atomic E-state index is 0.955. The third-order valence-corrected chi connectivity index (χ3v) is 3.39. The van der Waals surface area contributed by atoms with Gasteiger partial charge < -0.3 is 4.42 Å². The van der Waals surface area contributed by atoms with Crippen LogP contribution < -0.4 is 0 Å². The van der Waals surface area contributed by atoms with Gasteiger partial charge in [0.25, 0.3) is 0 Å². The van der Waals surface area contributed by atoms with E-state index in [1.54, 1.807) is 0 Å². The van der Waals surface area contributed by atoms with Crippen LogP contribution in [-0.4, -0.2) is 0 Å². The monoisotopic (exact) mass is 236 g/mol. The Morgan fingerprint density at radius 2 is 1.67 bits per heavy atom. The molecule has 0 aliphatic heterocycles. The molecule has 0 N–H and O–H groups in total. The second kappa shape index (κ2) is 4.02. The van der Waals surface area contributed by atoms with Crippen molar-refractivity contribution in [1.29, 1.82) is 0 Å². The standard InChI is InChI=1S/C17H16O/c1-11-7-8-15(13(3)9-11)16-10-14-6-4-5-12(2)17(14)18-16/h4-10H,1-3H3. The van der Waals surface area contributed by atoms with Crippen molar-refractivity contribution < 1.29 is 4.42 Å². The van der Waals surface area contributed by atoms with E-state index in [0.29, 0.717) is 0 Å². The predicted molar refractivity (Wildman–Crippen MR) is 75.9 cm³/mol. The number of fused-ring (bicyclic) bond motifs is 1. The minimum absolute atomic E-state index is 0.955. The smallest absolute Gasteiger partial charge is 0.137 e. The summed E-state index contributed by atoms with van der Waals surface area (Å²) in [6.45, 7) is 6.32. The van der Waals surface area contributed by atoms with E-state index in [0.717, 1.165) is 11.3 Å². The normalized spacial score (nSPS) is 11.1. The molecule has 0 fully saturated rings. The van der Waals surface area contributed by atoms with Crippen LogP contribution in [0.4, 0.5) is 0 Å². The van der Waals surface area contributed by atoms with Crippen molar-refractivity contribution in [3.05, 3.63) is 59.2 Å². The summed E-state index contributed by atoms with van der Waals surface area (Å²) in [5, 5.41) is 1.17. The van der Waals surface area contributed by atoms with Crippen LogP contribution in [-0.2, 0) is 0 Å². The van der Waals surface area contributed by atoms with E-state index in [4.69, 9.17) is 4.42 Å². The third-order valence-electron chi connectivity index (χ3n) is 3.39. The Labute approximate surface area is 107 Å². The van der Waals surface area contributed by atoms with Crippen LogP contribution in [0.2, 0.25) is 0 Å². The molecule has 90 valence electrons. The highest BCUT2D eigenvalue weighted by molar-refractivity contribution is 5.85. The molecule has 0 aliphatic carbocycles. The van der Waals surface area contributed by atoms with Gasteiger partial charge in [-0.1, -0.05) is 42.0 Å². The van der Waals surface area contributed by atoms with Crippen LogP contribution in [0.1, 0.15) is 16.7 Å². The summed E-state index contributed by atoms with van der Waals surface area (Å²) in [7, 11) is 0. The van der Waals surface area contributed by atoms with Gasteiger partial charge in [0.1, 0.15) is 11.3 Å². The number of hydrogen-bond acceptors (Lipinski definition) is 1. The SMILES string of the molecule is Cc1ccc(-c2cc3cccc(C)c3o2)c(C)c1. The van der Waals surface area contributed by atoms with Crippen molar-refractivity contribution in [2.45, 2.75) is 20.8 Å². The molecule has 3 aromatic rings. The van der Waals surface area contributed by atoms with Gasteiger partial charge in [0.15, 0.2) is 0 Å². The maximum Gasteiger partial charge on any atom is 0.137 e. The van der Waals surface area contributed by atoms with Crippen LogP contribution in [0.25, 0.3) is 22.3 Å². The van der Waals surface area contributed by atoms with Crippen molar-refractivity contribution in [2.24, 2.45) is 0 Å². The Kier molecular flexibility index (Phi) is 2.48. The zero-order chi connectivity index (χ0) is 12.7. The second-order valence-corrected chi connectivity index (χ2v) is 4.92. The Morgan fingerprint density at radius 1 is 0.833 bits per heavy atom. The van der Waals surface area contributed by atoms with Gasteiger partial charge in [-0.05, 0) is 38.0 Å². The highest BCUT2D eigenvalue weighted by Crippen LogP contribution is 2.31. The van der Waals surface area contributed by atoms with E-state index in [2.05, 4.69) is 63.2 Å². The first-order valence-electron chi connectivity index (χ1n) is 6.22. The fourth-order valence-corrected chi connectivity index (χ4v) is 2.43. The van der Waals surface area contributed by atoms with Gasteiger partial charge in [-0.2, -0.15) is 0 Å². The van der Waals surface area contributed by atoms with E-state index >= 15 is 0 Å². The van der Waals surface area contributed by atoms with E-state index in [-0.39, 0.29) is 0 Å². The first kappa shape index (κ1) is 11.1. The van der Waals surface area contributed by atoms with Crippen LogP contribution in [0.5, 0.6) is 0 Å². The van der Waals surface area contributed by atoms with Gasteiger partial charge in [-0.15, -0.1) is 0 Å². The van der Waals surface area contributed by atoms with Crippen molar-refractivity contribution >= 4 is 11.0 Å². The van der Waals surface area contributed by atoms with Gasteiger partial charge in [0.2, 0.25) is 0 Å².